The smallest absolute Gasteiger partial charge is 0.325 e. The SMILES string of the molecule is CCCC(C)COc1ccc(C(C(=O)OC)C(=O)OC(C)(C)C)cc1. The van der Waals surface area contributed by atoms with Gasteiger partial charge in [0, 0.05) is 0 Å². The lowest BCUT2D eigenvalue weighted by atomic mass is 9.99. The molecule has 0 fully saturated rings. The van der Waals surface area contributed by atoms with Crippen LogP contribution in [0.15, 0.2) is 24.3 Å². The number of esters is 2. The predicted octanol–water partition coefficient (Wildman–Crippen LogP) is 4.10. The molecule has 0 saturated heterocycles. The van der Waals surface area contributed by atoms with Crippen LogP contribution in [0.2, 0.25) is 0 Å². The van der Waals surface area contributed by atoms with Crippen molar-refractivity contribution in [3.63, 3.8) is 0 Å². The molecule has 0 aromatic heterocycles. The molecule has 5 heteroatoms. The van der Waals surface area contributed by atoms with Crippen LogP contribution in [-0.2, 0) is 19.1 Å². The highest BCUT2D eigenvalue weighted by atomic mass is 16.6. The minimum atomic E-state index is -1.10. The Hall–Kier alpha value is -2.04. The Labute approximate surface area is 150 Å². The third kappa shape index (κ3) is 7.16. The molecule has 140 valence electrons. The number of carbonyl (C=O) groups is 2. The van der Waals surface area contributed by atoms with E-state index in [-0.39, 0.29) is 0 Å². The first-order valence-corrected chi connectivity index (χ1v) is 8.71. The van der Waals surface area contributed by atoms with Crippen molar-refractivity contribution < 1.29 is 23.8 Å². The monoisotopic (exact) mass is 350 g/mol. The molecule has 0 bridgehead atoms. The molecule has 25 heavy (non-hydrogen) atoms. The number of rotatable bonds is 8. The zero-order chi connectivity index (χ0) is 19.0. The second-order valence-corrected chi connectivity index (χ2v) is 7.26. The summed E-state index contributed by atoms with van der Waals surface area (Å²) >= 11 is 0. The average molecular weight is 350 g/mol. The molecular weight excluding hydrogens is 320 g/mol. The molecule has 0 amide bonds. The molecule has 5 nitrogen and oxygen atoms in total. The summed E-state index contributed by atoms with van der Waals surface area (Å²) in [7, 11) is 1.26. The Balaban J connectivity index is 2.86. The van der Waals surface area contributed by atoms with Crippen LogP contribution in [0.4, 0.5) is 0 Å². The summed E-state index contributed by atoms with van der Waals surface area (Å²) in [6.45, 7) is 10.2. The maximum atomic E-state index is 12.4. The highest BCUT2D eigenvalue weighted by Crippen LogP contribution is 2.25. The molecular formula is C20H30O5. The van der Waals surface area contributed by atoms with E-state index in [0.717, 1.165) is 12.8 Å². The van der Waals surface area contributed by atoms with Crippen molar-refractivity contribution in [3.8, 4) is 5.75 Å². The van der Waals surface area contributed by atoms with Crippen LogP contribution in [0.1, 0.15) is 58.9 Å². The predicted molar refractivity (Wildman–Crippen MR) is 96.6 cm³/mol. The van der Waals surface area contributed by atoms with Gasteiger partial charge in [-0.25, -0.2) is 0 Å². The first-order valence-electron chi connectivity index (χ1n) is 8.71. The molecule has 0 radical (unpaired) electrons. The zero-order valence-corrected chi connectivity index (χ0v) is 16.1. The highest BCUT2D eigenvalue weighted by Gasteiger charge is 2.33. The van der Waals surface area contributed by atoms with Gasteiger partial charge in [-0.3, -0.25) is 9.59 Å². The fourth-order valence-corrected chi connectivity index (χ4v) is 2.42. The largest absolute Gasteiger partial charge is 0.493 e. The van der Waals surface area contributed by atoms with E-state index in [4.69, 9.17) is 14.2 Å². The van der Waals surface area contributed by atoms with Crippen LogP contribution in [-0.4, -0.2) is 31.3 Å². The van der Waals surface area contributed by atoms with Crippen LogP contribution < -0.4 is 4.74 Å². The van der Waals surface area contributed by atoms with E-state index in [1.807, 2.05) is 0 Å². The first kappa shape index (κ1) is 21.0. The van der Waals surface area contributed by atoms with Crippen molar-refractivity contribution in [2.75, 3.05) is 13.7 Å². The molecule has 0 spiro atoms. The van der Waals surface area contributed by atoms with Crippen LogP contribution in [0.3, 0.4) is 0 Å². The van der Waals surface area contributed by atoms with Gasteiger partial charge in [0.15, 0.2) is 5.92 Å². The Morgan fingerprint density at radius 1 is 1.08 bits per heavy atom. The summed E-state index contributed by atoms with van der Waals surface area (Å²) in [6.07, 6.45) is 2.24. The summed E-state index contributed by atoms with van der Waals surface area (Å²) in [5, 5.41) is 0. The van der Waals surface area contributed by atoms with E-state index in [1.54, 1.807) is 45.0 Å². The van der Waals surface area contributed by atoms with Crippen molar-refractivity contribution in [1.82, 2.24) is 0 Å². The maximum absolute atomic E-state index is 12.4. The van der Waals surface area contributed by atoms with Crippen LogP contribution in [0.25, 0.3) is 0 Å². The van der Waals surface area contributed by atoms with E-state index in [2.05, 4.69) is 13.8 Å². The van der Waals surface area contributed by atoms with Gasteiger partial charge in [0.1, 0.15) is 11.4 Å². The van der Waals surface area contributed by atoms with Gasteiger partial charge >= 0.3 is 11.9 Å². The first-order chi connectivity index (χ1) is 11.7. The number of methoxy groups -OCH3 is 1. The quantitative estimate of drug-likeness (QED) is 0.522. The molecule has 0 saturated carbocycles. The Morgan fingerprint density at radius 2 is 1.68 bits per heavy atom. The molecule has 1 aromatic rings. The van der Waals surface area contributed by atoms with Gasteiger partial charge in [0.05, 0.1) is 13.7 Å². The van der Waals surface area contributed by atoms with Crippen molar-refractivity contribution >= 4 is 11.9 Å². The topological polar surface area (TPSA) is 61.8 Å². The van der Waals surface area contributed by atoms with Gasteiger partial charge in [-0.05, 0) is 50.8 Å². The van der Waals surface area contributed by atoms with E-state index in [1.165, 1.54) is 7.11 Å². The molecule has 2 unspecified atom stereocenters. The normalized spacial score (nSPS) is 13.7. The lowest BCUT2D eigenvalue weighted by molar-refractivity contribution is -0.163. The number of carbonyl (C=O) groups excluding carboxylic acids is 2. The van der Waals surface area contributed by atoms with Crippen molar-refractivity contribution in [2.45, 2.75) is 59.0 Å². The van der Waals surface area contributed by atoms with E-state index in [9.17, 15) is 9.59 Å². The van der Waals surface area contributed by atoms with E-state index in [0.29, 0.717) is 23.8 Å². The molecule has 0 aliphatic carbocycles. The summed E-state index contributed by atoms with van der Waals surface area (Å²) in [5.74, 6) is -1.17. The molecule has 1 rings (SSSR count). The lowest BCUT2D eigenvalue weighted by Crippen LogP contribution is -2.32. The molecule has 1 aromatic carbocycles. The molecule has 0 heterocycles. The van der Waals surface area contributed by atoms with Crippen LogP contribution >= 0.6 is 0 Å². The van der Waals surface area contributed by atoms with Gasteiger partial charge in [-0.1, -0.05) is 32.4 Å². The minimum absolute atomic E-state index is 0.481. The zero-order valence-electron chi connectivity index (χ0n) is 16.1. The number of hydrogen-bond acceptors (Lipinski definition) is 5. The second kappa shape index (κ2) is 9.44. The van der Waals surface area contributed by atoms with Crippen molar-refractivity contribution in [2.24, 2.45) is 5.92 Å². The van der Waals surface area contributed by atoms with Crippen LogP contribution in [0, 0.1) is 5.92 Å². The fourth-order valence-electron chi connectivity index (χ4n) is 2.42. The third-order valence-corrected chi connectivity index (χ3v) is 3.61. The number of benzene rings is 1. The van der Waals surface area contributed by atoms with Gasteiger partial charge in [-0.2, -0.15) is 0 Å². The lowest BCUT2D eigenvalue weighted by Gasteiger charge is -2.23. The Morgan fingerprint density at radius 3 is 2.16 bits per heavy atom. The van der Waals surface area contributed by atoms with Gasteiger partial charge in [0.2, 0.25) is 0 Å². The molecule has 0 N–H and O–H groups in total. The maximum Gasteiger partial charge on any atom is 0.325 e. The highest BCUT2D eigenvalue weighted by molar-refractivity contribution is 6.00. The Bertz CT molecular complexity index is 556. The molecule has 0 aliphatic heterocycles. The average Bonchev–Trinajstić information content (AvgIpc) is 2.52. The van der Waals surface area contributed by atoms with Gasteiger partial charge < -0.3 is 14.2 Å². The number of hydrogen-bond donors (Lipinski definition) is 0. The summed E-state index contributed by atoms with van der Waals surface area (Å²) in [4.78, 5) is 24.4. The fraction of sp³-hybridized carbons (Fsp3) is 0.600. The molecule has 2 atom stereocenters. The van der Waals surface area contributed by atoms with E-state index < -0.39 is 23.5 Å². The van der Waals surface area contributed by atoms with Crippen molar-refractivity contribution in [3.05, 3.63) is 29.8 Å². The Kier molecular flexibility index (Phi) is 7.94. The van der Waals surface area contributed by atoms with Gasteiger partial charge in [0.25, 0.3) is 0 Å². The summed E-state index contributed by atoms with van der Waals surface area (Å²) in [6, 6.07) is 6.92. The second-order valence-electron chi connectivity index (χ2n) is 7.26. The summed E-state index contributed by atoms with van der Waals surface area (Å²) in [5.41, 5.74) is -0.156. The van der Waals surface area contributed by atoms with E-state index >= 15 is 0 Å². The van der Waals surface area contributed by atoms with Crippen LogP contribution in [0.5, 0.6) is 5.75 Å². The molecule has 0 aliphatic rings. The van der Waals surface area contributed by atoms with Gasteiger partial charge in [-0.15, -0.1) is 0 Å². The standard InChI is InChI=1S/C20H30O5/c1-7-8-14(2)13-24-16-11-9-15(10-12-16)17(18(21)23-6)19(22)25-20(3,4)5/h9-12,14,17H,7-8,13H2,1-6H3. The number of ether oxygens (including phenoxy) is 3. The minimum Gasteiger partial charge on any atom is -0.493 e. The third-order valence-electron chi connectivity index (χ3n) is 3.61. The summed E-state index contributed by atoms with van der Waals surface area (Å²) < 4.78 is 15.9. The van der Waals surface area contributed by atoms with Crippen molar-refractivity contribution in [1.29, 1.82) is 0 Å².